The van der Waals surface area contributed by atoms with Crippen LogP contribution in [0.3, 0.4) is 0 Å². The van der Waals surface area contributed by atoms with Gasteiger partial charge in [0.2, 0.25) is 0 Å². The summed E-state index contributed by atoms with van der Waals surface area (Å²) in [6, 6.07) is 9.32. The van der Waals surface area contributed by atoms with Gasteiger partial charge in [-0.05, 0) is 30.5 Å². The molecule has 1 nitrogen and oxygen atoms in total. The molecule has 1 atom stereocenters. The Kier molecular flexibility index (Phi) is 5.03. The summed E-state index contributed by atoms with van der Waals surface area (Å²) >= 11 is 5.86. The molecule has 0 N–H and O–H groups in total. The predicted molar refractivity (Wildman–Crippen MR) is 76.8 cm³/mol. The molecule has 1 aromatic carbocycles. The van der Waals surface area contributed by atoms with Crippen LogP contribution in [0.25, 0.3) is 0 Å². The summed E-state index contributed by atoms with van der Waals surface area (Å²) in [5, 5.41) is 0. The lowest BCUT2D eigenvalue weighted by molar-refractivity contribution is 0.268. The molecule has 0 amide bonds. The van der Waals surface area contributed by atoms with Gasteiger partial charge in [0, 0.05) is 18.5 Å². The second-order valence-electron chi connectivity index (χ2n) is 5.87. The highest BCUT2D eigenvalue weighted by Crippen LogP contribution is 2.22. The third-order valence-electron chi connectivity index (χ3n) is 3.23. The smallest absolute Gasteiger partial charge is 0.0376 e. The lowest BCUT2D eigenvalue weighted by Crippen LogP contribution is -2.29. The molecule has 0 fully saturated rings. The summed E-state index contributed by atoms with van der Waals surface area (Å²) in [6.07, 6.45) is 0. The number of hydrogen-bond acceptors (Lipinski definition) is 1. The molecule has 0 heterocycles. The molecule has 1 aromatic rings. The van der Waals surface area contributed by atoms with Crippen LogP contribution in [0.15, 0.2) is 24.3 Å². The van der Waals surface area contributed by atoms with Gasteiger partial charge in [0.1, 0.15) is 0 Å². The van der Waals surface area contributed by atoms with Crippen molar-refractivity contribution in [3.63, 3.8) is 0 Å². The maximum Gasteiger partial charge on any atom is 0.0376 e. The van der Waals surface area contributed by atoms with Crippen LogP contribution in [0.1, 0.15) is 38.8 Å². The van der Waals surface area contributed by atoms with E-state index in [0.717, 1.165) is 6.54 Å². The second-order valence-corrected chi connectivity index (χ2v) is 6.17. The molecule has 0 bridgehead atoms. The van der Waals surface area contributed by atoms with Crippen LogP contribution in [0, 0.1) is 0 Å². The number of alkyl halides is 1. The van der Waals surface area contributed by atoms with E-state index in [9.17, 15) is 0 Å². The van der Waals surface area contributed by atoms with Gasteiger partial charge in [-0.1, -0.05) is 45.0 Å². The zero-order valence-electron chi connectivity index (χ0n) is 11.6. The summed E-state index contributed by atoms with van der Waals surface area (Å²) in [7, 11) is 2.12. The largest absolute Gasteiger partial charge is 0.298 e. The molecule has 17 heavy (non-hydrogen) atoms. The predicted octanol–water partition coefficient (Wildman–Crippen LogP) is 4.04. The molecule has 0 saturated carbocycles. The van der Waals surface area contributed by atoms with Crippen LogP contribution in [-0.4, -0.2) is 23.9 Å². The molecule has 0 spiro atoms. The fourth-order valence-corrected chi connectivity index (χ4v) is 1.91. The van der Waals surface area contributed by atoms with Gasteiger partial charge in [0.15, 0.2) is 0 Å². The highest BCUT2D eigenvalue weighted by molar-refractivity contribution is 6.18. The molecule has 0 saturated heterocycles. The van der Waals surface area contributed by atoms with Crippen LogP contribution in [-0.2, 0) is 12.0 Å². The van der Waals surface area contributed by atoms with Crippen LogP contribution in [0.4, 0.5) is 0 Å². The monoisotopic (exact) mass is 253 g/mol. The van der Waals surface area contributed by atoms with Crippen LogP contribution in [0.5, 0.6) is 0 Å². The molecule has 2 heteroatoms. The van der Waals surface area contributed by atoms with E-state index in [4.69, 9.17) is 11.6 Å². The van der Waals surface area contributed by atoms with Crippen molar-refractivity contribution in [2.75, 3.05) is 12.9 Å². The van der Waals surface area contributed by atoms with E-state index in [1.807, 2.05) is 0 Å². The van der Waals surface area contributed by atoms with Gasteiger partial charge in [0.05, 0.1) is 0 Å². The Labute approximate surface area is 111 Å². The Balaban J connectivity index is 2.69. The van der Waals surface area contributed by atoms with Crippen molar-refractivity contribution in [1.82, 2.24) is 4.90 Å². The van der Waals surface area contributed by atoms with Crippen molar-refractivity contribution < 1.29 is 0 Å². The molecule has 96 valence electrons. The van der Waals surface area contributed by atoms with Crippen molar-refractivity contribution in [1.29, 1.82) is 0 Å². The second kappa shape index (κ2) is 5.88. The number of rotatable bonds is 4. The third-order valence-corrected chi connectivity index (χ3v) is 3.67. The van der Waals surface area contributed by atoms with Crippen molar-refractivity contribution in [2.45, 2.75) is 45.7 Å². The number of halogens is 1. The normalized spacial score (nSPS) is 14.1. The quantitative estimate of drug-likeness (QED) is 0.732. The maximum atomic E-state index is 5.86. The molecule has 0 aliphatic rings. The van der Waals surface area contributed by atoms with E-state index in [2.05, 4.69) is 63.9 Å². The van der Waals surface area contributed by atoms with Gasteiger partial charge in [-0.15, -0.1) is 11.6 Å². The average molecular weight is 254 g/mol. The standard InChI is InChI=1S/C15H24ClN/c1-12(10-16)17(5)11-13-6-8-14(9-7-13)15(2,3)4/h6-9,12H,10-11H2,1-5H3. The van der Waals surface area contributed by atoms with Crippen LogP contribution in [0.2, 0.25) is 0 Å². The number of hydrogen-bond donors (Lipinski definition) is 0. The average Bonchev–Trinajstić information content (AvgIpc) is 2.27. The number of benzene rings is 1. The Bertz CT molecular complexity index is 337. The third kappa shape index (κ3) is 4.33. The van der Waals surface area contributed by atoms with E-state index in [1.165, 1.54) is 11.1 Å². The molecule has 0 aliphatic heterocycles. The van der Waals surface area contributed by atoms with Crippen molar-refractivity contribution in [2.24, 2.45) is 0 Å². The van der Waals surface area contributed by atoms with Crippen LogP contribution >= 0.6 is 11.6 Å². The summed E-state index contributed by atoms with van der Waals surface area (Å²) in [4.78, 5) is 2.28. The van der Waals surface area contributed by atoms with E-state index in [1.54, 1.807) is 0 Å². The lowest BCUT2D eigenvalue weighted by Gasteiger charge is -2.23. The zero-order valence-corrected chi connectivity index (χ0v) is 12.4. The van der Waals surface area contributed by atoms with Gasteiger partial charge < -0.3 is 0 Å². The highest BCUT2D eigenvalue weighted by Gasteiger charge is 2.13. The SMILES string of the molecule is CC(CCl)N(C)Cc1ccc(C(C)(C)C)cc1. The van der Waals surface area contributed by atoms with Gasteiger partial charge >= 0.3 is 0 Å². The zero-order chi connectivity index (χ0) is 13.1. The molecule has 0 radical (unpaired) electrons. The fraction of sp³-hybridized carbons (Fsp3) is 0.600. The molecule has 0 aliphatic carbocycles. The van der Waals surface area contributed by atoms with Crippen LogP contribution < -0.4 is 0 Å². The van der Waals surface area contributed by atoms with Crippen molar-refractivity contribution in [3.8, 4) is 0 Å². The minimum Gasteiger partial charge on any atom is -0.298 e. The van der Waals surface area contributed by atoms with E-state index < -0.39 is 0 Å². The van der Waals surface area contributed by atoms with Gasteiger partial charge in [-0.25, -0.2) is 0 Å². The van der Waals surface area contributed by atoms with E-state index in [0.29, 0.717) is 11.9 Å². The van der Waals surface area contributed by atoms with Gasteiger partial charge in [-0.3, -0.25) is 4.90 Å². The van der Waals surface area contributed by atoms with Gasteiger partial charge in [0.25, 0.3) is 0 Å². The Hall–Kier alpha value is -0.530. The molecular formula is C15H24ClN. The summed E-state index contributed by atoms with van der Waals surface area (Å²) < 4.78 is 0. The molecule has 1 rings (SSSR count). The Morgan fingerprint density at radius 3 is 2.12 bits per heavy atom. The topological polar surface area (TPSA) is 3.24 Å². The molecular weight excluding hydrogens is 230 g/mol. The first kappa shape index (κ1) is 14.5. The van der Waals surface area contributed by atoms with Crippen molar-refractivity contribution in [3.05, 3.63) is 35.4 Å². The first-order chi connectivity index (χ1) is 7.84. The summed E-state index contributed by atoms with van der Waals surface area (Å²) in [5.41, 5.74) is 2.96. The summed E-state index contributed by atoms with van der Waals surface area (Å²) in [6.45, 7) is 9.83. The minimum absolute atomic E-state index is 0.230. The fourth-order valence-electron chi connectivity index (χ4n) is 1.67. The van der Waals surface area contributed by atoms with Crippen molar-refractivity contribution >= 4 is 11.6 Å². The first-order valence-corrected chi connectivity index (χ1v) is 6.73. The van der Waals surface area contributed by atoms with E-state index in [-0.39, 0.29) is 5.41 Å². The Morgan fingerprint density at radius 1 is 1.18 bits per heavy atom. The molecule has 1 unspecified atom stereocenters. The van der Waals surface area contributed by atoms with Gasteiger partial charge in [-0.2, -0.15) is 0 Å². The van der Waals surface area contributed by atoms with E-state index >= 15 is 0 Å². The first-order valence-electron chi connectivity index (χ1n) is 6.20. The minimum atomic E-state index is 0.230. The lowest BCUT2D eigenvalue weighted by atomic mass is 9.87. The number of nitrogens with zero attached hydrogens (tertiary/aromatic N) is 1. The molecule has 0 aromatic heterocycles. The Morgan fingerprint density at radius 2 is 1.71 bits per heavy atom. The summed E-state index contributed by atoms with van der Waals surface area (Å²) in [5.74, 6) is 0.677. The highest BCUT2D eigenvalue weighted by atomic mass is 35.5. The maximum absolute atomic E-state index is 5.86.